The maximum atomic E-state index is 12.9. The molecule has 0 radical (unpaired) electrons. The summed E-state index contributed by atoms with van der Waals surface area (Å²) in [6.07, 6.45) is 3.11. The van der Waals surface area contributed by atoms with E-state index in [0.29, 0.717) is 13.2 Å². The number of piperidine rings is 1. The fourth-order valence-corrected chi connectivity index (χ4v) is 5.33. The molecule has 1 aromatic carbocycles. The minimum absolute atomic E-state index is 0.0253. The predicted octanol–water partition coefficient (Wildman–Crippen LogP) is 3.37. The highest BCUT2D eigenvalue weighted by atomic mass is 32.2. The quantitative estimate of drug-likeness (QED) is 0.749. The summed E-state index contributed by atoms with van der Waals surface area (Å²) in [5.74, 6) is -0.365. The van der Waals surface area contributed by atoms with Gasteiger partial charge in [-0.15, -0.1) is 0 Å². The van der Waals surface area contributed by atoms with Crippen molar-refractivity contribution in [2.75, 3.05) is 18.9 Å². The van der Waals surface area contributed by atoms with E-state index < -0.39 is 10.0 Å². The Hall–Kier alpha value is -1.86. The zero-order valence-electron chi connectivity index (χ0n) is 15.1. The summed E-state index contributed by atoms with van der Waals surface area (Å²) >= 11 is 0. The van der Waals surface area contributed by atoms with Gasteiger partial charge in [0, 0.05) is 24.2 Å². The zero-order chi connectivity index (χ0) is 18.6. The lowest BCUT2D eigenvalue weighted by molar-refractivity contribution is -0.143. The Kier molecular flexibility index (Phi) is 5.98. The number of carbonyl (C=O) groups excluding carboxylic acids is 1. The Labute approximate surface area is 154 Å². The van der Waals surface area contributed by atoms with Crippen LogP contribution in [0, 0.1) is 0 Å². The fraction of sp³-hybridized carbons (Fsp3) is 0.526. The van der Waals surface area contributed by atoms with Gasteiger partial charge >= 0.3 is 5.97 Å². The van der Waals surface area contributed by atoms with Crippen LogP contribution in [0.2, 0.25) is 0 Å². The Bertz CT molecular complexity index is 826. The predicted molar refractivity (Wildman–Crippen MR) is 101 cm³/mol. The third-order valence-electron chi connectivity index (χ3n) is 4.81. The van der Waals surface area contributed by atoms with E-state index in [2.05, 4.69) is 4.98 Å². The molecular weight excluding hydrogens is 352 g/mol. The van der Waals surface area contributed by atoms with Crippen LogP contribution in [0.4, 0.5) is 0 Å². The van der Waals surface area contributed by atoms with Crippen molar-refractivity contribution >= 4 is 26.9 Å². The highest BCUT2D eigenvalue weighted by Crippen LogP contribution is 2.34. The number of carbonyl (C=O) groups is 1. The third-order valence-corrected chi connectivity index (χ3v) is 6.77. The lowest BCUT2D eigenvalue weighted by Gasteiger charge is -2.34. The van der Waals surface area contributed by atoms with Crippen molar-refractivity contribution in [2.45, 2.75) is 45.1 Å². The molecule has 1 aliphatic rings. The number of fused-ring (bicyclic) bond motifs is 1. The van der Waals surface area contributed by atoms with Crippen LogP contribution < -0.4 is 0 Å². The van der Waals surface area contributed by atoms with Crippen LogP contribution in [0.5, 0.6) is 0 Å². The number of sulfonamides is 1. The zero-order valence-corrected chi connectivity index (χ0v) is 15.9. The molecule has 0 aliphatic carbocycles. The summed E-state index contributed by atoms with van der Waals surface area (Å²) in [6.45, 7) is 2.59. The first-order valence-corrected chi connectivity index (χ1v) is 10.8. The van der Waals surface area contributed by atoms with Gasteiger partial charge in [0.15, 0.2) is 0 Å². The molecule has 0 spiro atoms. The van der Waals surface area contributed by atoms with E-state index in [0.717, 1.165) is 35.9 Å². The second-order valence-corrected chi connectivity index (χ2v) is 8.70. The van der Waals surface area contributed by atoms with Crippen molar-refractivity contribution in [3.05, 3.63) is 36.0 Å². The summed E-state index contributed by atoms with van der Waals surface area (Å²) in [5.41, 5.74) is 1.97. The topological polar surface area (TPSA) is 79.5 Å². The van der Waals surface area contributed by atoms with Crippen LogP contribution >= 0.6 is 0 Å². The molecule has 1 aliphatic heterocycles. The summed E-state index contributed by atoms with van der Waals surface area (Å²) in [7, 11) is -3.42. The van der Waals surface area contributed by atoms with Gasteiger partial charge in [-0.3, -0.25) is 4.79 Å². The van der Waals surface area contributed by atoms with Gasteiger partial charge in [-0.25, -0.2) is 8.42 Å². The van der Waals surface area contributed by atoms with Gasteiger partial charge in [0.25, 0.3) is 0 Å². The number of para-hydroxylation sites is 1. The summed E-state index contributed by atoms with van der Waals surface area (Å²) in [5, 5.41) is 1.09. The number of H-pyrrole nitrogens is 1. The van der Waals surface area contributed by atoms with Gasteiger partial charge in [-0.2, -0.15) is 4.31 Å². The Morgan fingerprint density at radius 2 is 2.12 bits per heavy atom. The molecule has 2 aromatic rings. The molecule has 0 saturated carbocycles. The number of esters is 1. The van der Waals surface area contributed by atoms with E-state index in [9.17, 15) is 13.2 Å². The number of hydrogen-bond donors (Lipinski definition) is 1. The molecule has 2 heterocycles. The second-order valence-electron chi connectivity index (χ2n) is 6.66. The third kappa shape index (κ3) is 4.27. The Balaban J connectivity index is 1.74. The van der Waals surface area contributed by atoms with E-state index in [4.69, 9.17) is 4.74 Å². The van der Waals surface area contributed by atoms with E-state index >= 15 is 0 Å². The Morgan fingerprint density at radius 3 is 2.88 bits per heavy atom. The molecule has 1 fully saturated rings. The maximum Gasteiger partial charge on any atom is 0.305 e. The number of nitrogens with zero attached hydrogens (tertiary/aromatic N) is 1. The van der Waals surface area contributed by atoms with Crippen molar-refractivity contribution in [3.63, 3.8) is 0 Å². The first-order chi connectivity index (χ1) is 12.5. The normalized spacial score (nSPS) is 18.9. The summed E-state index contributed by atoms with van der Waals surface area (Å²) < 4.78 is 32.3. The number of rotatable bonds is 7. The van der Waals surface area contributed by atoms with Gasteiger partial charge in [0.05, 0.1) is 18.4 Å². The van der Waals surface area contributed by atoms with E-state index in [1.807, 2.05) is 30.3 Å². The lowest BCUT2D eigenvalue weighted by atomic mass is 10.0. The molecule has 1 N–H and O–H groups in total. The SMILES string of the molecule is CCOC(=O)CCCS(=O)(=O)N1CCCCC1c1cc2ccccc2[nH]1. The number of benzene rings is 1. The molecule has 26 heavy (non-hydrogen) atoms. The second kappa shape index (κ2) is 8.22. The van der Waals surface area contributed by atoms with Crippen molar-refractivity contribution < 1.29 is 17.9 Å². The van der Waals surface area contributed by atoms with Crippen molar-refractivity contribution in [2.24, 2.45) is 0 Å². The molecule has 1 atom stereocenters. The van der Waals surface area contributed by atoms with Gasteiger partial charge in [-0.1, -0.05) is 24.6 Å². The molecular formula is C19H26N2O4S. The fourth-order valence-electron chi connectivity index (χ4n) is 3.57. The standard InChI is InChI=1S/C19H26N2O4S/c1-2-25-19(22)11-7-13-26(23,24)21-12-6-5-10-18(21)17-14-15-8-3-4-9-16(15)20-17/h3-4,8-9,14,18,20H,2,5-7,10-13H2,1H3. The highest BCUT2D eigenvalue weighted by Gasteiger charge is 2.33. The van der Waals surface area contributed by atoms with Crippen molar-refractivity contribution in [1.82, 2.24) is 9.29 Å². The average Bonchev–Trinajstić information content (AvgIpc) is 3.06. The average molecular weight is 378 g/mol. The molecule has 3 rings (SSSR count). The van der Waals surface area contributed by atoms with Crippen molar-refractivity contribution in [3.8, 4) is 0 Å². The van der Waals surface area contributed by atoms with Crippen LogP contribution in [-0.4, -0.2) is 42.6 Å². The molecule has 6 nitrogen and oxygen atoms in total. The van der Waals surface area contributed by atoms with Crippen LogP contribution in [0.1, 0.15) is 50.8 Å². The van der Waals surface area contributed by atoms with E-state index in [1.54, 1.807) is 11.2 Å². The van der Waals surface area contributed by atoms with Crippen LogP contribution in [0.3, 0.4) is 0 Å². The lowest BCUT2D eigenvalue weighted by Crippen LogP contribution is -2.40. The Morgan fingerprint density at radius 1 is 1.31 bits per heavy atom. The smallest absolute Gasteiger partial charge is 0.305 e. The molecule has 1 saturated heterocycles. The van der Waals surface area contributed by atoms with Crippen LogP contribution in [0.25, 0.3) is 10.9 Å². The number of aromatic amines is 1. The summed E-state index contributed by atoms with van der Waals surface area (Å²) in [4.78, 5) is 14.8. The monoisotopic (exact) mass is 378 g/mol. The first-order valence-electron chi connectivity index (χ1n) is 9.24. The molecule has 1 aromatic heterocycles. The van der Waals surface area contributed by atoms with Gasteiger partial charge in [-0.05, 0) is 43.7 Å². The van der Waals surface area contributed by atoms with Gasteiger partial charge in [0.2, 0.25) is 10.0 Å². The summed E-state index contributed by atoms with van der Waals surface area (Å²) in [6, 6.07) is 9.85. The van der Waals surface area contributed by atoms with E-state index in [1.165, 1.54) is 0 Å². The number of hydrogen-bond acceptors (Lipinski definition) is 4. The molecule has 0 bridgehead atoms. The van der Waals surface area contributed by atoms with Gasteiger partial charge < -0.3 is 9.72 Å². The maximum absolute atomic E-state index is 12.9. The largest absolute Gasteiger partial charge is 0.466 e. The molecule has 142 valence electrons. The van der Waals surface area contributed by atoms with Crippen molar-refractivity contribution in [1.29, 1.82) is 0 Å². The van der Waals surface area contributed by atoms with Gasteiger partial charge in [0.1, 0.15) is 0 Å². The number of ether oxygens (including phenoxy) is 1. The number of aromatic nitrogens is 1. The van der Waals surface area contributed by atoms with E-state index in [-0.39, 0.29) is 30.6 Å². The number of nitrogens with one attached hydrogen (secondary N) is 1. The highest BCUT2D eigenvalue weighted by molar-refractivity contribution is 7.89. The van der Waals surface area contributed by atoms with Crippen LogP contribution in [0.15, 0.2) is 30.3 Å². The molecule has 0 amide bonds. The minimum atomic E-state index is -3.42. The minimum Gasteiger partial charge on any atom is -0.466 e. The molecule has 1 unspecified atom stereocenters. The van der Waals surface area contributed by atoms with Crippen LogP contribution in [-0.2, 0) is 19.6 Å². The first kappa shape index (κ1) is 18.9. The molecule has 7 heteroatoms.